The van der Waals surface area contributed by atoms with Crippen molar-refractivity contribution >= 4 is 5.91 Å². The Kier molecular flexibility index (Phi) is 4.90. The van der Waals surface area contributed by atoms with Crippen molar-refractivity contribution in [3.05, 3.63) is 34.2 Å². The number of aromatic nitrogens is 1. The number of nitrogens with zero attached hydrogens (tertiary/aromatic N) is 3. The van der Waals surface area contributed by atoms with Crippen LogP contribution >= 0.6 is 0 Å². The second-order valence-electron chi connectivity index (χ2n) is 7.72. The van der Waals surface area contributed by atoms with Gasteiger partial charge in [-0.05, 0) is 43.7 Å². The zero-order chi connectivity index (χ0) is 17.2. The highest BCUT2D eigenvalue weighted by molar-refractivity contribution is 5.82. The highest BCUT2D eigenvalue weighted by Crippen LogP contribution is 2.30. The normalized spacial score (nSPS) is 24.6. The molecule has 136 valence electrons. The smallest absolute Gasteiger partial charge is 0.250 e. The molecule has 0 spiro atoms. The first-order valence-electron chi connectivity index (χ1n) is 9.63. The number of carbonyl (C=O) groups excluding carboxylic acids is 1. The maximum Gasteiger partial charge on any atom is 0.250 e. The second-order valence-corrected chi connectivity index (χ2v) is 7.72. The fraction of sp³-hybridized carbons (Fsp3) is 0.684. The minimum Gasteiger partial charge on any atom is -0.339 e. The maximum absolute atomic E-state index is 12.5. The molecule has 6 nitrogen and oxygen atoms in total. The molecular weight excluding hydrogens is 316 g/mol. The number of rotatable bonds is 5. The standard InChI is InChI=1S/C19H28N4O2/c24-18-6-5-16(14-23(18)13-15-3-4-15)12-21-8-10-22(11-9-21)19(25)17-2-1-7-20-17/h5-6,14-15,17,20H,1-4,7-13H2. The number of carbonyl (C=O) groups is 1. The number of hydrogen-bond donors (Lipinski definition) is 1. The molecule has 0 aromatic carbocycles. The van der Waals surface area contributed by atoms with Crippen LogP contribution in [0.15, 0.2) is 23.1 Å². The Bertz CT molecular complexity index is 668. The van der Waals surface area contributed by atoms with E-state index in [1.165, 1.54) is 18.4 Å². The van der Waals surface area contributed by atoms with Gasteiger partial charge in [0, 0.05) is 51.5 Å². The van der Waals surface area contributed by atoms with Crippen LogP contribution < -0.4 is 10.9 Å². The Labute approximate surface area is 148 Å². The molecule has 1 unspecified atom stereocenters. The molecule has 1 atom stereocenters. The van der Waals surface area contributed by atoms with E-state index >= 15 is 0 Å². The van der Waals surface area contributed by atoms with Gasteiger partial charge in [0.1, 0.15) is 0 Å². The molecule has 0 bridgehead atoms. The zero-order valence-electron chi connectivity index (χ0n) is 14.8. The lowest BCUT2D eigenvalue weighted by atomic mass is 10.1. The van der Waals surface area contributed by atoms with E-state index < -0.39 is 0 Å². The summed E-state index contributed by atoms with van der Waals surface area (Å²) in [6, 6.07) is 3.69. The van der Waals surface area contributed by atoms with Gasteiger partial charge in [0.25, 0.3) is 5.56 Å². The largest absolute Gasteiger partial charge is 0.339 e. The quantitative estimate of drug-likeness (QED) is 0.852. The van der Waals surface area contributed by atoms with Gasteiger partial charge in [-0.3, -0.25) is 14.5 Å². The van der Waals surface area contributed by atoms with Crippen molar-refractivity contribution in [2.75, 3.05) is 32.7 Å². The molecule has 3 fully saturated rings. The molecule has 4 rings (SSSR count). The molecule has 1 aromatic rings. The lowest BCUT2D eigenvalue weighted by Gasteiger charge is -2.36. The lowest BCUT2D eigenvalue weighted by molar-refractivity contribution is -0.134. The van der Waals surface area contributed by atoms with E-state index in [0.717, 1.165) is 58.7 Å². The molecule has 1 N–H and O–H groups in total. The molecule has 6 heteroatoms. The van der Waals surface area contributed by atoms with Crippen molar-refractivity contribution in [3.8, 4) is 0 Å². The van der Waals surface area contributed by atoms with Gasteiger partial charge in [0.15, 0.2) is 0 Å². The van der Waals surface area contributed by atoms with Gasteiger partial charge in [0.2, 0.25) is 5.91 Å². The first-order chi connectivity index (χ1) is 12.2. The Morgan fingerprint density at radius 2 is 1.92 bits per heavy atom. The van der Waals surface area contributed by atoms with Crippen LogP contribution in [0.3, 0.4) is 0 Å². The first-order valence-corrected chi connectivity index (χ1v) is 9.63. The summed E-state index contributed by atoms with van der Waals surface area (Å²) in [7, 11) is 0. The maximum atomic E-state index is 12.5. The number of amides is 1. The SMILES string of the molecule is O=C(C1CCCN1)N1CCN(Cc2ccc(=O)n(CC3CC3)c2)CC1. The van der Waals surface area contributed by atoms with E-state index in [2.05, 4.69) is 10.2 Å². The average molecular weight is 344 g/mol. The molecule has 3 aliphatic rings. The minimum absolute atomic E-state index is 0.0394. The van der Waals surface area contributed by atoms with E-state index in [-0.39, 0.29) is 17.5 Å². The predicted molar refractivity (Wildman–Crippen MR) is 96.3 cm³/mol. The molecule has 1 aromatic heterocycles. The average Bonchev–Trinajstić information content (AvgIpc) is 3.27. The lowest BCUT2D eigenvalue weighted by Crippen LogP contribution is -2.52. The van der Waals surface area contributed by atoms with E-state index in [1.807, 2.05) is 21.7 Å². The van der Waals surface area contributed by atoms with Crippen LogP contribution in [0.2, 0.25) is 0 Å². The molecule has 2 aliphatic heterocycles. The number of piperazine rings is 1. The second kappa shape index (κ2) is 7.30. The van der Waals surface area contributed by atoms with Gasteiger partial charge >= 0.3 is 0 Å². The molecule has 1 amide bonds. The van der Waals surface area contributed by atoms with Crippen molar-refractivity contribution in [2.45, 2.75) is 44.8 Å². The third kappa shape index (κ3) is 4.12. The summed E-state index contributed by atoms with van der Waals surface area (Å²) in [6.45, 7) is 6.10. The van der Waals surface area contributed by atoms with Gasteiger partial charge < -0.3 is 14.8 Å². The predicted octanol–water partition coefficient (Wildman–Crippen LogP) is 0.655. The van der Waals surface area contributed by atoms with Crippen LogP contribution in [-0.2, 0) is 17.9 Å². The Morgan fingerprint density at radius 3 is 2.60 bits per heavy atom. The zero-order valence-corrected chi connectivity index (χ0v) is 14.8. The van der Waals surface area contributed by atoms with Crippen molar-refractivity contribution in [1.82, 2.24) is 19.7 Å². The van der Waals surface area contributed by atoms with Crippen LogP contribution in [0, 0.1) is 5.92 Å². The summed E-state index contributed by atoms with van der Waals surface area (Å²) in [5.41, 5.74) is 1.30. The molecule has 3 heterocycles. The molecule has 25 heavy (non-hydrogen) atoms. The summed E-state index contributed by atoms with van der Waals surface area (Å²) < 4.78 is 1.87. The molecule has 0 radical (unpaired) electrons. The van der Waals surface area contributed by atoms with Crippen LogP contribution in [-0.4, -0.2) is 59.0 Å². The highest BCUT2D eigenvalue weighted by atomic mass is 16.2. The van der Waals surface area contributed by atoms with E-state index in [0.29, 0.717) is 5.92 Å². The van der Waals surface area contributed by atoms with Gasteiger partial charge in [-0.15, -0.1) is 0 Å². The summed E-state index contributed by atoms with van der Waals surface area (Å²) in [5.74, 6) is 0.974. The monoisotopic (exact) mass is 344 g/mol. The third-order valence-electron chi connectivity index (χ3n) is 5.65. The first kappa shape index (κ1) is 16.8. The van der Waals surface area contributed by atoms with E-state index in [1.54, 1.807) is 6.07 Å². The van der Waals surface area contributed by atoms with Crippen molar-refractivity contribution < 1.29 is 4.79 Å². The Morgan fingerprint density at radius 1 is 1.12 bits per heavy atom. The van der Waals surface area contributed by atoms with Gasteiger partial charge in [-0.2, -0.15) is 0 Å². The summed E-state index contributed by atoms with van der Waals surface area (Å²) in [4.78, 5) is 28.8. The van der Waals surface area contributed by atoms with Gasteiger partial charge in [0.05, 0.1) is 6.04 Å². The Balaban J connectivity index is 1.31. The minimum atomic E-state index is 0.0394. The van der Waals surface area contributed by atoms with Crippen molar-refractivity contribution in [3.63, 3.8) is 0 Å². The Hall–Kier alpha value is -1.66. The fourth-order valence-corrected chi connectivity index (χ4v) is 3.90. The van der Waals surface area contributed by atoms with Crippen LogP contribution in [0.4, 0.5) is 0 Å². The highest BCUT2D eigenvalue weighted by Gasteiger charge is 2.29. The number of nitrogens with one attached hydrogen (secondary N) is 1. The topological polar surface area (TPSA) is 57.6 Å². The van der Waals surface area contributed by atoms with E-state index in [9.17, 15) is 9.59 Å². The number of pyridine rings is 1. The molecular formula is C19H28N4O2. The van der Waals surface area contributed by atoms with Crippen LogP contribution in [0.25, 0.3) is 0 Å². The summed E-state index contributed by atoms with van der Waals surface area (Å²) in [6.07, 6.45) is 6.61. The van der Waals surface area contributed by atoms with E-state index in [4.69, 9.17) is 0 Å². The third-order valence-corrected chi connectivity index (χ3v) is 5.65. The van der Waals surface area contributed by atoms with Gasteiger partial charge in [-0.1, -0.05) is 6.07 Å². The molecule has 1 saturated carbocycles. The number of hydrogen-bond acceptors (Lipinski definition) is 4. The van der Waals surface area contributed by atoms with Crippen molar-refractivity contribution in [1.29, 1.82) is 0 Å². The van der Waals surface area contributed by atoms with Crippen LogP contribution in [0.1, 0.15) is 31.2 Å². The fourth-order valence-electron chi connectivity index (χ4n) is 3.90. The van der Waals surface area contributed by atoms with Crippen LogP contribution in [0.5, 0.6) is 0 Å². The summed E-state index contributed by atoms with van der Waals surface area (Å²) >= 11 is 0. The molecule has 1 aliphatic carbocycles. The van der Waals surface area contributed by atoms with Crippen molar-refractivity contribution in [2.24, 2.45) is 5.92 Å². The van der Waals surface area contributed by atoms with Gasteiger partial charge in [-0.25, -0.2) is 0 Å². The molecule has 2 saturated heterocycles. The summed E-state index contributed by atoms with van der Waals surface area (Å²) in [5, 5.41) is 3.30.